The monoisotopic (exact) mass is 343 g/mol. The molecule has 0 saturated heterocycles. The number of nitrogens with two attached hydrogens (primary N) is 1. The van der Waals surface area contributed by atoms with Crippen molar-refractivity contribution >= 4 is 23.2 Å². The lowest BCUT2D eigenvalue weighted by Gasteiger charge is -2.15. The number of nitrogens with zero attached hydrogens (tertiary/aromatic N) is 2. The van der Waals surface area contributed by atoms with Crippen molar-refractivity contribution in [1.82, 2.24) is 9.88 Å². The Bertz CT molecular complexity index is 820. The summed E-state index contributed by atoms with van der Waals surface area (Å²) < 4.78 is 0. The minimum absolute atomic E-state index is 0.241. The zero-order chi connectivity index (χ0) is 17.7. The molecule has 1 heterocycles. The first-order chi connectivity index (χ1) is 11.4. The Hall–Kier alpha value is -2.69. The molecule has 24 heavy (non-hydrogen) atoms. The maximum absolute atomic E-state index is 11.8. The molecule has 0 saturated carbocycles. The van der Waals surface area contributed by atoms with E-state index in [0.29, 0.717) is 17.8 Å². The second-order valence-corrected chi connectivity index (χ2v) is 5.87. The largest absolute Gasteiger partial charge is 0.372 e. The number of aliphatic hydroxyl groups excluding tert-OH is 1. The minimum Gasteiger partial charge on any atom is -0.372 e. The zero-order valence-corrected chi connectivity index (χ0v) is 14.1. The lowest BCUT2D eigenvalue weighted by Crippen LogP contribution is -2.35. The third-order valence-electron chi connectivity index (χ3n) is 3.31. The fraction of sp³-hybridized carbons (Fsp3) is 0.235. The number of likely N-dealkylation sites (N-methyl/N-ethyl adjacent to an activating group) is 1. The average Bonchev–Trinajstić information content (AvgIpc) is 3.09. The van der Waals surface area contributed by atoms with Gasteiger partial charge in [0.25, 0.3) is 11.8 Å². The van der Waals surface area contributed by atoms with Crippen LogP contribution >= 0.6 is 11.3 Å². The van der Waals surface area contributed by atoms with Gasteiger partial charge in [0, 0.05) is 30.1 Å². The van der Waals surface area contributed by atoms with Gasteiger partial charge in [0.1, 0.15) is 0 Å². The number of carbonyl (C=O) groups is 2. The highest BCUT2D eigenvalue weighted by Crippen LogP contribution is 2.22. The van der Waals surface area contributed by atoms with Crippen molar-refractivity contribution in [2.24, 2.45) is 5.73 Å². The number of hydrogen-bond donors (Lipinski definition) is 2. The van der Waals surface area contributed by atoms with E-state index in [4.69, 9.17) is 5.73 Å². The van der Waals surface area contributed by atoms with E-state index in [0.717, 1.165) is 5.56 Å². The fourth-order valence-corrected chi connectivity index (χ4v) is 2.53. The fourth-order valence-electron chi connectivity index (χ4n) is 1.85. The van der Waals surface area contributed by atoms with Crippen molar-refractivity contribution in [2.45, 2.75) is 13.0 Å². The zero-order valence-electron chi connectivity index (χ0n) is 13.3. The number of hydrogen-bond acceptors (Lipinski definition) is 5. The normalized spacial score (nSPS) is 11.3. The number of aromatic nitrogens is 1. The van der Waals surface area contributed by atoms with E-state index >= 15 is 0 Å². The molecule has 0 fully saturated rings. The van der Waals surface area contributed by atoms with Crippen LogP contribution in [0.4, 0.5) is 0 Å². The molecule has 0 spiro atoms. The smallest absolute Gasteiger partial charge is 0.277 e. The number of thiazole rings is 1. The lowest BCUT2D eigenvalue weighted by molar-refractivity contribution is -0.135. The Labute approximate surface area is 143 Å². The van der Waals surface area contributed by atoms with Crippen molar-refractivity contribution in [1.29, 1.82) is 0 Å². The Morgan fingerprint density at radius 1 is 1.46 bits per heavy atom. The van der Waals surface area contributed by atoms with Crippen molar-refractivity contribution in [2.75, 3.05) is 13.6 Å². The summed E-state index contributed by atoms with van der Waals surface area (Å²) >= 11 is 1.17. The van der Waals surface area contributed by atoms with Crippen LogP contribution in [0.2, 0.25) is 0 Å². The second kappa shape index (κ2) is 7.73. The van der Waals surface area contributed by atoms with Gasteiger partial charge < -0.3 is 15.7 Å². The molecule has 3 N–H and O–H groups in total. The van der Waals surface area contributed by atoms with Crippen LogP contribution in [-0.2, 0) is 4.79 Å². The Morgan fingerprint density at radius 3 is 2.83 bits per heavy atom. The molecule has 0 aliphatic heterocycles. The summed E-state index contributed by atoms with van der Waals surface area (Å²) in [4.78, 5) is 28.5. The molecule has 0 radical (unpaired) electrons. The quantitative estimate of drug-likeness (QED) is 0.813. The summed E-state index contributed by atoms with van der Waals surface area (Å²) in [6, 6.07) is 7.15. The highest BCUT2D eigenvalue weighted by Gasteiger charge is 2.15. The number of benzene rings is 1. The summed E-state index contributed by atoms with van der Waals surface area (Å²) in [7, 11) is 1.60. The van der Waals surface area contributed by atoms with Crippen LogP contribution < -0.4 is 5.73 Å². The molecule has 0 aliphatic carbocycles. The van der Waals surface area contributed by atoms with Gasteiger partial charge in [-0.15, -0.1) is 11.3 Å². The van der Waals surface area contributed by atoms with Gasteiger partial charge in [-0.2, -0.15) is 0 Å². The molecule has 1 unspecified atom stereocenters. The first kappa shape index (κ1) is 17.7. The number of aliphatic hydroxyl groups is 1. The standard InChI is InChI=1S/C17H17N3O3S/c1-3-20(2)17(23)14(21)8-7-11-5-4-6-12(9-11)13-10-24-16(19-13)15(18)22/h4-6,9-10,14,21H,3H2,1-2H3,(H2,18,22). The molecule has 1 atom stereocenters. The van der Waals surface area contributed by atoms with E-state index in [9.17, 15) is 14.7 Å². The molecule has 0 bridgehead atoms. The molecule has 6 nitrogen and oxygen atoms in total. The maximum atomic E-state index is 11.8. The van der Waals surface area contributed by atoms with Crippen LogP contribution in [0.3, 0.4) is 0 Å². The van der Waals surface area contributed by atoms with Gasteiger partial charge in [-0.3, -0.25) is 9.59 Å². The molecule has 0 aliphatic rings. The van der Waals surface area contributed by atoms with E-state index in [-0.39, 0.29) is 5.01 Å². The Morgan fingerprint density at radius 2 is 2.21 bits per heavy atom. The number of carbonyl (C=O) groups excluding carboxylic acids is 2. The molecule has 1 aromatic heterocycles. The lowest BCUT2D eigenvalue weighted by atomic mass is 10.1. The van der Waals surface area contributed by atoms with Crippen LogP contribution in [0, 0.1) is 11.8 Å². The topological polar surface area (TPSA) is 96.5 Å². The van der Waals surface area contributed by atoms with Gasteiger partial charge in [-0.05, 0) is 19.1 Å². The van der Waals surface area contributed by atoms with Gasteiger partial charge in [-0.1, -0.05) is 24.0 Å². The number of amides is 2. The van der Waals surface area contributed by atoms with Crippen LogP contribution in [0.1, 0.15) is 22.3 Å². The van der Waals surface area contributed by atoms with Crippen molar-refractivity contribution < 1.29 is 14.7 Å². The molecule has 1 aromatic carbocycles. The first-order valence-electron chi connectivity index (χ1n) is 7.22. The van der Waals surface area contributed by atoms with Crippen LogP contribution in [-0.4, -0.2) is 46.5 Å². The summed E-state index contributed by atoms with van der Waals surface area (Å²) in [6.07, 6.45) is -1.36. The van der Waals surface area contributed by atoms with Crippen molar-refractivity contribution in [3.63, 3.8) is 0 Å². The number of primary amides is 1. The van der Waals surface area contributed by atoms with E-state index < -0.39 is 17.9 Å². The van der Waals surface area contributed by atoms with Crippen molar-refractivity contribution in [3.8, 4) is 23.1 Å². The predicted molar refractivity (Wildman–Crippen MR) is 92.3 cm³/mol. The summed E-state index contributed by atoms with van der Waals surface area (Å²) in [6.45, 7) is 2.31. The molecular formula is C17H17N3O3S. The van der Waals surface area contributed by atoms with Gasteiger partial charge >= 0.3 is 0 Å². The minimum atomic E-state index is -1.36. The summed E-state index contributed by atoms with van der Waals surface area (Å²) in [5.74, 6) is 4.31. The summed E-state index contributed by atoms with van der Waals surface area (Å²) in [5, 5.41) is 11.8. The third kappa shape index (κ3) is 4.19. The van der Waals surface area contributed by atoms with Crippen molar-refractivity contribution in [3.05, 3.63) is 40.2 Å². The van der Waals surface area contributed by atoms with Gasteiger partial charge in [0.05, 0.1) is 5.69 Å². The Kier molecular flexibility index (Phi) is 5.68. The Balaban J connectivity index is 2.20. The third-order valence-corrected chi connectivity index (χ3v) is 4.17. The van der Waals surface area contributed by atoms with Crippen LogP contribution in [0.25, 0.3) is 11.3 Å². The molecule has 2 amide bonds. The molecule has 124 valence electrons. The predicted octanol–water partition coefficient (Wildman–Crippen LogP) is 1.10. The van der Waals surface area contributed by atoms with Crippen LogP contribution in [0.15, 0.2) is 29.6 Å². The SMILES string of the molecule is CCN(C)C(=O)C(O)C#Cc1cccc(-c2csc(C(N)=O)n2)c1. The van der Waals surface area contributed by atoms with Gasteiger partial charge in [-0.25, -0.2) is 4.98 Å². The van der Waals surface area contributed by atoms with Gasteiger partial charge in [0.2, 0.25) is 0 Å². The summed E-state index contributed by atoms with van der Waals surface area (Å²) in [5.41, 5.74) is 7.23. The van der Waals surface area contributed by atoms with E-state index in [1.165, 1.54) is 16.2 Å². The maximum Gasteiger partial charge on any atom is 0.277 e. The van der Waals surface area contributed by atoms with E-state index in [1.54, 1.807) is 30.6 Å². The molecule has 7 heteroatoms. The van der Waals surface area contributed by atoms with Gasteiger partial charge in [0.15, 0.2) is 11.1 Å². The molecular weight excluding hydrogens is 326 g/mol. The second-order valence-electron chi connectivity index (χ2n) is 5.01. The first-order valence-corrected chi connectivity index (χ1v) is 8.10. The van der Waals surface area contributed by atoms with Crippen LogP contribution in [0.5, 0.6) is 0 Å². The van der Waals surface area contributed by atoms with E-state index in [1.807, 2.05) is 13.0 Å². The highest BCUT2D eigenvalue weighted by atomic mass is 32.1. The van der Waals surface area contributed by atoms with E-state index in [2.05, 4.69) is 16.8 Å². The molecule has 2 rings (SSSR count). The number of rotatable bonds is 4. The average molecular weight is 343 g/mol. The highest BCUT2D eigenvalue weighted by molar-refractivity contribution is 7.12. The molecule has 2 aromatic rings.